The van der Waals surface area contributed by atoms with Gasteiger partial charge in [-0.3, -0.25) is 0 Å². The van der Waals surface area contributed by atoms with Crippen molar-refractivity contribution in [3.05, 3.63) is 35.1 Å². The lowest BCUT2D eigenvalue weighted by molar-refractivity contribution is 0.207. The van der Waals surface area contributed by atoms with E-state index in [1.807, 2.05) is 19.9 Å². The highest BCUT2D eigenvalue weighted by Crippen LogP contribution is 2.11. The highest BCUT2D eigenvalue weighted by Gasteiger charge is 2.11. The van der Waals surface area contributed by atoms with Crippen LogP contribution in [0.5, 0.6) is 0 Å². The first-order valence-electron chi connectivity index (χ1n) is 5.61. The van der Waals surface area contributed by atoms with Crippen molar-refractivity contribution in [1.82, 2.24) is 5.32 Å². The van der Waals surface area contributed by atoms with Crippen molar-refractivity contribution in [2.75, 3.05) is 6.61 Å². The number of halogens is 1. The second-order valence-corrected chi connectivity index (χ2v) is 4.25. The molecule has 2 unspecified atom stereocenters. The molecule has 0 amide bonds. The lowest BCUT2D eigenvalue weighted by atomic mass is 10.0. The summed E-state index contributed by atoms with van der Waals surface area (Å²) in [4.78, 5) is 0. The van der Waals surface area contributed by atoms with Crippen LogP contribution < -0.4 is 5.32 Å². The molecule has 0 aliphatic heterocycles. The van der Waals surface area contributed by atoms with Crippen LogP contribution in [0.25, 0.3) is 0 Å². The largest absolute Gasteiger partial charge is 0.396 e. The van der Waals surface area contributed by atoms with Crippen LogP contribution in [0.4, 0.5) is 4.39 Å². The van der Waals surface area contributed by atoms with Gasteiger partial charge in [0.15, 0.2) is 0 Å². The predicted molar refractivity (Wildman–Crippen MR) is 63.7 cm³/mol. The van der Waals surface area contributed by atoms with E-state index in [4.69, 9.17) is 10.4 Å². The molecule has 0 heterocycles. The molecule has 0 aliphatic rings. The molecular weight excluding hydrogens is 219 g/mol. The summed E-state index contributed by atoms with van der Waals surface area (Å²) in [5.41, 5.74) is 0.923. The number of nitrogens with zero attached hydrogens (tertiary/aromatic N) is 1. The SMILES string of the molecule is CC(CO)C(C)NCc1cc(C#N)ccc1F. The maximum atomic E-state index is 13.4. The molecule has 1 rings (SSSR count). The van der Waals surface area contributed by atoms with Gasteiger partial charge in [-0.15, -0.1) is 0 Å². The van der Waals surface area contributed by atoms with Gasteiger partial charge >= 0.3 is 0 Å². The number of rotatable bonds is 5. The molecule has 0 fully saturated rings. The average Bonchev–Trinajstić information content (AvgIpc) is 2.36. The molecule has 0 aliphatic carbocycles. The molecule has 0 spiro atoms. The van der Waals surface area contributed by atoms with E-state index in [1.165, 1.54) is 12.1 Å². The fourth-order valence-electron chi connectivity index (χ4n) is 1.41. The van der Waals surface area contributed by atoms with Crippen LogP contribution in [0.3, 0.4) is 0 Å². The van der Waals surface area contributed by atoms with E-state index in [-0.39, 0.29) is 24.4 Å². The second-order valence-electron chi connectivity index (χ2n) is 4.25. The lowest BCUT2D eigenvalue weighted by Crippen LogP contribution is -2.33. The third-order valence-corrected chi connectivity index (χ3v) is 2.93. The molecule has 3 nitrogen and oxygen atoms in total. The van der Waals surface area contributed by atoms with E-state index in [1.54, 1.807) is 6.07 Å². The van der Waals surface area contributed by atoms with Crippen molar-refractivity contribution >= 4 is 0 Å². The topological polar surface area (TPSA) is 56.0 Å². The summed E-state index contributed by atoms with van der Waals surface area (Å²) >= 11 is 0. The summed E-state index contributed by atoms with van der Waals surface area (Å²) in [6.07, 6.45) is 0. The number of hydrogen-bond acceptors (Lipinski definition) is 3. The summed E-state index contributed by atoms with van der Waals surface area (Å²) in [7, 11) is 0. The zero-order valence-corrected chi connectivity index (χ0v) is 10.1. The van der Waals surface area contributed by atoms with E-state index in [9.17, 15) is 4.39 Å². The normalized spacial score (nSPS) is 14.1. The van der Waals surface area contributed by atoms with E-state index < -0.39 is 0 Å². The van der Waals surface area contributed by atoms with Crippen LogP contribution in [0.1, 0.15) is 25.0 Å². The highest BCUT2D eigenvalue weighted by molar-refractivity contribution is 5.33. The van der Waals surface area contributed by atoms with E-state index in [2.05, 4.69) is 5.32 Å². The number of aliphatic hydroxyl groups excluding tert-OH is 1. The minimum atomic E-state index is -0.319. The molecule has 1 aromatic carbocycles. The van der Waals surface area contributed by atoms with Crippen molar-refractivity contribution in [2.24, 2.45) is 5.92 Å². The van der Waals surface area contributed by atoms with Crippen molar-refractivity contribution in [3.63, 3.8) is 0 Å². The molecule has 4 heteroatoms. The number of nitrogens with one attached hydrogen (secondary N) is 1. The van der Waals surface area contributed by atoms with Crippen molar-refractivity contribution in [1.29, 1.82) is 5.26 Å². The number of aliphatic hydroxyl groups is 1. The third kappa shape index (κ3) is 3.81. The van der Waals surface area contributed by atoms with E-state index in [0.29, 0.717) is 17.7 Å². The Balaban J connectivity index is 2.66. The van der Waals surface area contributed by atoms with Gasteiger partial charge in [-0.05, 0) is 31.0 Å². The standard InChI is InChI=1S/C13H17FN2O/c1-9(8-17)10(2)16-7-12-5-11(6-15)3-4-13(12)14/h3-5,9-10,16-17H,7-8H2,1-2H3. The van der Waals surface area contributed by atoms with Gasteiger partial charge in [0.05, 0.1) is 11.6 Å². The van der Waals surface area contributed by atoms with E-state index >= 15 is 0 Å². The Morgan fingerprint density at radius 3 is 2.76 bits per heavy atom. The average molecular weight is 236 g/mol. The summed E-state index contributed by atoms with van der Waals surface area (Å²) in [6.45, 7) is 4.30. The zero-order chi connectivity index (χ0) is 12.8. The van der Waals surface area contributed by atoms with Crippen molar-refractivity contribution < 1.29 is 9.50 Å². The molecule has 2 atom stereocenters. The Labute approximate surface area is 101 Å². The molecule has 0 bridgehead atoms. The Hall–Kier alpha value is -1.44. The van der Waals surface area contributed by atoms with Gasteiger partial charge < -0.3 is 10.4 Å². The predicted octanol–water partition coefficient (Wildman–Crippen LogP) is 1.80. The van der Waals surface area contributed by atoms with E-state index in [0.717, 1.165) is 0 Å². The number of benzene rings is 1. The van der Waals surface area contributed by atoms with Gasteiger partial charge in [0.1, 0.15) is 5.82 Å². The first-order valence-corrected chi connectivity index (χ1v) is 5.61. The first kappa shape index (κ1) is 13.6. The molecule has 0 saturated carbocycles. The van der Waals surface area contributed by atoms with Crippen LogP contribution in [-0.4, -0.2) is 17.8 Å². The monoisotopic (exact) mass is 236 g/mol. The Morgan fingerprint density at radius 1 is 1.47 bits per heavy atom. The molecule has 2 N–H and O–H groups in total. The van der Waals surface area contributed by atoms with Crippen LogP contribution in [0, 0.1) is 23.1 Å². The lowest BCUT2D eigenvalue weighted by Gasteiger charge is -2.19. The van der Waals surface area contributed by atoms with Gasteiger partial charge in [0, 0.05) is 24.8 Å². The molecule has 92 valence electrons. The smallest absolute Gasteiger partial charge is 0.127 e. The molecular formula is C13H17FN2O. The third-order valence-electron chi connectivity index (χ3n) is 2.93. The minimum Gasteiger partial charge on any atom is -0.396 e. The summed E-state index contributed by atoms with van der Waals surface area (Å²) < 4.78 is 13.4. The Morgan fingerprint density at radius 2 is 2.18 bits per heavy atom. The second kappa shape index (κ2) is 6.33. The Kier molecular flexibility index (Phi) is 5.08. The zero-order valence-electron chi connectivity index (χ0n) is 10.1. The summed E-state index contributed by atoms with van der Waals surface area (Å²) in [6, 6.07) is 6.37. The fraction of sp³-hybridized carbons (Fsp3) is 0.462. The fourth-order valence-corrected chi connectivity index (χ4v) is 1.41. The van der Waals surface area contributed by atoms with Gasteiger partial charge in [0.25, 0.3) is 0 Å². The number of nitriles is 1. The highest BCUT2D eigenvalue weighted by atomic mass is 19.1. The van der Waals surface area contributed by atoms with Crippen LogP contribution >= 0.6 is 0 Å². The quantitative estimate of drug-likeness (QED) is 0.819. The van der Waals surface area contributed by atoms with Gasteiger partial charge in [0.2, 0.25) is 0 Å². The maximum absolute atomic E-state index is 13.4. The van der Waals surface area contributed by atoms with Gasteiger partial charge in [-0.2, -0.15) is 5.26 Å². The summed E-state index contributed by atoms with van der Waals surface area (Å²) in [5.74, 6) is -0.211. The number of hydrogen-bond donors (Lipinski definition) is 2. The first-order chi connectivity index (χ1) is 8.08. The maximum Gasteiger partial charge on any atom is 0.127 e. The molecule has 0 aromatic heterocycles. The Bertz CT molecular complexity index is 414. The molecule has 0 saturated heterocycles. The van der Waals surface area contributed by atoms with Gasteiger partial charge in [-0.25, -0.2) is 4.39 Å². The van der Waals surface area contributed by atoms with Crippen LogP contribution in [0.2, 0.25) is 0 Å². The van der Waals surface area contributed by atoms with Crippen molar-refractivity contribution in [3.8, 4) is 6.07 Å². The molecule has 17 heavy (non-hydrogen) atoms. The van der Waals surface area contributed by atoms with Crippen LogP contribution in [0.15, 0.2) is 18.2 Å². The summed E-state index contributed by atoms with van der Waals surface area (Å²) in [5, 5.41) is 20.8. The minimum absolute atomic E-state index is 0.0881. The van der Waals surface area contributed by atoms with Crippen LogP contribution in [-0.2, 0) is 6.54 Å². The molecule has 0 radical (unpaired) electrons. The van der Waals surface area contributed by atoms with Gasteiger partial charge in [-0.1, -0.05) is 6.92 Å². The van der Waals surface area contributed by atoms with Crippen molar-refractivity contribution in [2.45, 2.75) is 26.4 Å². The molecule has 1 aromatic rings.